The van der Waals surface area contributed by atoms with Gasteiger partial charge in [-0.05, 0) is 29.2 Å². The summed E-state index contributed by atoms with van der Waals surface area (Å²) < 4.78 is 0. The van der Waals surface area contributed by atoms with Gasteiger partial charge in [0.15, 0.2) is 0 Å². The zero-order chi connectivity index (χ0) is 21.0. The summed E-state index contributed by atoms with van der Waals surface area (Å²) in [6.45, 7) is 4.36. The molecular weight excluding hydrogens is 366 g/mol. The Labute approximate surface area is 180 Å². The molecule has 2 heteroatoms. The third kappa shape index (κ3) is 4.33. The van der Waals surface area contributed by atoms with Crippen molar-refractivity contribution in [1.29, 1.82) is 0 Å². The van der Waals surface area contributed by atoms with Crippen molar-refractivity contribution < 1.29 is 5.11 Å². The molecule has 0 aliphatic carbocycles. The van der Waals surface area contributed by atoms with Crippen molar-refractivity contribution in [2.45, 2.75) is 38.0 Å². The summed E-state index contributed by atoms with van der Waals surface area (Å²) in [7, 11) is 0. The summed E-state index contributed by atoms with van der Waals surface area (Å²) in [4.78, 5) is 0. The molecule has 4 atom stereocenters. The number of rotatable bonds is 3. The Morgan fingerprint density at radius 1 is 0.833 bits per heavy atom. The highest BCUT2D eigenvalue weighted by atomic mass is 16.3. The molecule has 3 aromatic carbocycles. The summed E-state index contributed by atoms with van der Waals surface area (Å²) in [6.07, 6.45) is 0.559. The molecule has 3 aromatic rings. The largest absolute Gasteiger partial charge is 0.377 e. The maximum Gasteiger partial charge on any atom is 0.132 e. The van der Waals surface area contributed by atoms with Crippen LogP contribution in [-0.2, 0) is 0 Å². The monoisotopic (exact) mass is 395 g/mol. The molecule has 1 fully saturated rings. The fourth-order valence-corrected chi connectivity index (χ4v) is 4.74. The van der Waals surface area contributed by atoms with E-state index < -0.39 is 5.60 Å². The third-order valence-corrected chi connectivity index (χ3v) is 6.08. The molecule has 4 rings (SSSR count). The van der Waals surface area contributed by atoms with Crippen LogP contribution in [0.15, 0.2) is 91.0 Å². The van der Waals surface area contributed by atoms with E-state index in [9.17, 15) is 5.11 Å². The van der Waals surface area contributed by atoms with Gasteiger partial charge in [-0.3, -0.25) is 0 Å². The maximum absolute atomic E-state index is 12.0. The van der Waals surface area contributed by atoms with Crippen molar-refractivity contribution in [3.63, 3.8) is 0 Å². The summed E-state index contributed by atoms with van der Waals surface area (Å²) in [5.41, 5.74) is 2.20. The molecule has 1 aliphatic heterocycles. The van der Waals surface area contributed by atoms with Crippen LogP contribution in [0.3, 0.4) is 0 Å². The predicted octanol–water partition coefficient (Wildman–Crippen LogP) is 5.52. The lowest BCUT2D eigenvalue weighted by atomic mass is 9.67. The van der Waals surface area contributed by atoms with E-state index >= 15 is 0 Å². The molecule has 0 amide bonds. The molecule has 0 aromatic heterocycles. The fourth-order valence-electron chi connectivity index (χ4n) is 4.74. The Kier molecular flexibility index (Phi) is 6.04. The highest BCUT2D eigenvalue weighted by Gasteiger charge is 2.48. The van der Waals surface area contributed by atoms with E-state index in [0.29, 0.717) is 6.42 Å². The highest BCUT2D eigenvalue weighted by Crippen LogP contribution is 2.46. The van der Waals surface area contributed by atoms with Crippen LogP contribution in [-0.4, -0.2) is 10.7 Å². The summed E-state index contributed by atoms with van der Waals surface area (Å²) >= 11 is 0. The average Bonchev–Trinajstić information content (AvgIpc) is 2.79. The highest BCUT2D eigenvalue weighted by molar-refractivity contribution is 5.38. The van der Waals surface area contributed by atoms with E-state index in [4.69, 9.17) is 0 Å². The molecule has 1 aliphatic rings. The van der Waals surface area contributed by atoms with E-state index in [1.807, 2.05) is 42.5 Å². The number of aliphatic hydroxyl groups is 1. The first-order chi connectivity index (χ1) is 14.6. The van der Waals surface area contributed by atoms with E-state index in [2.05, 4.69) is 79.5 Å². The summed E-state index contributed by atoms with van der Waals surface area (Å²) in [5, 5.41) is 15.9. The first-order valence-electron chi connectivity index (χ1n) is 10.7. The minimum absolute atomic E-state index is 0.0141. The van der Waals surface area contributed by atoms with Crippen LogP contribution in [0.5, 0.6) is 0 Å². The molecule has 0 bridgehead atoms. The molecule has 0 spiro atoms. The van der Waals surface area contributed by atoms with Crippen molar-refractivity contribution in [1.82, 2.24) is 5.32 Å². The minimum atomic E-state index is -1.10. The lowest BCUT2D eigenvalue weighted by Crippen LogP contribution is -2.54. The number of hydrogen-bond acceptors (Lipinski definition) is 2. The van der Waals surface area contributed by atoms with Gasteiger partial charge in [-0.1, -0.05) is 105 Å². The van der Waals surface area contributed by atoms with Crippen LogP contribution in [0.2, 0.25) is 0 Å². The summed E-state index contributed by atoms with van der Waals surface area (Å²) in [5.74, 6) is 6.79. The van der Waals surface area contributed by atoms with Gasteiger partial charge in [-0.15, -0.1) is 0 Å². The Morgan fingerprint density at radius 2 is 1.37 bits per heavy atom. The number of benzene rings is 3. The van der Waals surface area contributed by atoms with Crippen LogP contribution in [0.1, 0.15) is 49.0 Å². The molecule has 0 radical (unpaired) electrons. The molecule has 152 valence electrons. The van der Waals surface area contributed by atoms with Crippen molar-refractivity contribution in [2.75, 3.05) is 0 Å². The quantitative estimate of drug-likeness (QED) is 0.573. The zero-order valence-electron chi connectivity index (χ0n) is 17.6. The maximum atomic E-state index is 12.0. The van der Waals surface area contributed by atoms with E-state index in [1.165, 1.54) is 11.1 Å². The molecule has 2 N–H and O–H groups in total. The lowest BCUT2D eigenvalue weighted by Gasteiger charge is -2.48. The van der Waals surface area contributed by atoms with Gasteiger partial charge in [0, 0.05) is 30.0 Å². The first kappa shape index (κ1) is 20.4. The van der Waals surface area contributed by atoms with Gasteiger partial charge in [0.1, 0.15) is 5.60 Å². The Bertz CT molecular complexity index is 1000. The smallest absolute Gasteiger partial charge is 0.132 e. The molecule has 4 unspecified atom stereocenters. The molecule has 2 nitrogen and oxygen atoms in total. The SMILES string of the molecule is CC(C)C1C(c2ccccc2)NC(c2ccccc2)CC1(O)C#Cc1ccccc1. The zero-order valence-corrected chi connectivity index (χ0v) is 17.6. The fraction of sp³-hybridized carbons (Fsp3) is 0.286. The summed E-state index contributed by atoms with van der Waals surface area (Å²) in [6, 6.07) is 30.8. The van der Waals surface area contributed by atoms with Gasteiger partial charge in [0.2, 0.25) is 0 Å². The van der Waals surface area contributed by atoms with Crippen molar-refractivity contribution in [3.05, 3.63) is 108 Å². The lowest BCUT2D eigenvalue weighted by molar-refractivity contribution is -0.0478. The second kappa shape index (κ2) is 8.88. The number of hydrogen-bond donors (Lipinski definition) is 2. The van der Waals surface area contributed by atoms with E-state index in [1.54, 1.807) is 0 Å². The van der Waals surface area contributed by atoms with E-state index in [-0.39, 0.29) is 23.9 Å². The minimum Gasteiger partial charge on any atom is -0.377 e. The first-order valence-corrected chi connectivity index (χ1v) is 10.7. The van der Waals surface area contributed by atoms with Crippen LogP contribution in [0.4, 0.5) is 0 Å². The number of piperidine rings is 1. The number of nitrogens with one attached hydrogen (secondary N) is 1. The predicted molar refractivity (Wildman–Crippen MR) is 123 cm³/mol. The Hall–Kier alpha value is -2.86. The van der Waals surface area contributed by atoms with Crippen LogP contribution >= 0.6 is 0 Å². The molecular formula is C28H29NO. The van der Waals surface area contributed by atoms with E-state index in [0.717, 1.165) is 5.56 Å². The van der Waals surface area contributed by atoms with Crippen LogP contribution in [0.25, 0.3) is 0 Å². The third-order valence-electron chi connectivity index (χ3n) is 6.08. The van der Waals surface area contributed by atoms with Crippen LogP contribution < -0.4 is 5.32 Å². The Morgan fingerprint density at radius 3 is 1.93 bits per heavy atom. The second-order valence-corrected chi connectivity index (χ2v) is 8.53. The molecule has 0 saturated carbocycles. The van der Waals surface area contributed by atoms with Gasteiger partial charge in [0.25, 0.3) is 0 Å². The van der Waals surface area contributed by atoms with Gasteiger partial charge >= 0.3 is 0 Å². The molecule has 1 saturated heterocycles. The van der Waals surface area contributed by atoms with Gasteiger partial charge in [-0.2, -0.15) is 0 Å². The topological polar surface area (TPSA) is 32.3 Å². The van der Waals surface area contributed by atoms with Crippen molar-refractivity contribution in [3.8, 4) is 11.8 Å². The van der Waals surface area contributed by atoms with Gasteiger partial charge in [-0.25, -0.2) is 0 Å². The standard InChI is InChI=1S/C28H29NO/c1-21(2)26-27(24-16-10-5-11-17-24)29-25(23-14-8-4-9-15-23)20-28(26,30)19-18-22-12-6-3-7-13-22/h3-17,21,25-27,29-30H,20H2,1-2H3. The van der Waals surface area contributed by atoms with Crippen molar-refractivity contribution >= 4 is 0 Å². The van der Waals surface area contributed by atoms with Gasteiger partial charge in [0.05, 0.1) is 0 Å². The van der Waals surface area contributed by atoms with Gasteiger partial charge < -0.3 is 10.4 Å². The molecule has 30 heavy (non-hydrogen) atoms. The molecule has 1 heterocycles. The average molecular weight is 396 g/mol. The van der Waals surface area contributed by atoms with Crippen molar-refractivity contribution in [2.24, 2.45) is 11.8 Å². The Balaban J connectivity index is 1.79. The van der Waals surface area contributed by atoms with Crippen LogP contribution in [0, 0.1) is 23.7 Å². The normalized spacial score (nSPS) is 26.1. The second-order valence-electron chi connectivity index (χ2n) is 8.53.